The molecule has 0 amide bonds. The first-order valence-electron chi connectivity index (χ1n) is 5.70. The van der Waals surface area contributed by atoms with Crippen molar-refractivity contribution in [1.82, 2.24) is 9.29 Å². The first-order valence-corrected chi connectivity index (χ1v) is 8.36. The van der Waals surface area contributed by atoms with Crippen molar-refractivity contribution in [2.24, 2.45) is 0 Å². The van der Waals surface area contributed by atoms with Crippen LogP contribution in [0.25, 0.3) is 0 Å². The van der Waals surface area contributed by atoms with E-state index in [9.17, 15) is 13.2 Å². The Hall–Kier alpha value is -1.19. The lowest BCUT2D eigenvalue weighted by Crippen LogP contribution is -2.48. The molecule has 9 heteroatoms. The summed E-state index contributed by atoms with van der Waals surface area (Å²) < 4.78 is 24.2. The van der Waals surface area contributed by atoms with Crippen LogP contribution < -0.4 is 4.90 Å². The SMILES string of the molecule is Cc1nc(N2CCN(S(C)(=O)=O)CC2)sc1C(=O)O. The fourth-order valence-corrected chi connectivity index (χ4v) is 3.71. The van der Waals surface area contributed by atoms with Crippen molar-refractivity contribution in [1.29, 1.82) is 0 Å². The summed E-state index contributed by atoms with van der Waals surface area (Å²) >= 11 is 1.13. The van der Waals surface area contributed by atoms with E-state index in [1.54, 1.807) is 6.92 Å². The van der Waals surface area contributed by atoms with Crippen LogP contribution >= 0.6 is 11.3 Å². The number of hydrogen-bond donors (Lipinski definition) is 1. The maximum Gasteiger partial charge on any atom is 0.347 e. The van der Waals surface area contributed by atoms with E-state index < -0.39 is 16.0 Å². The van der Waals surface area contributed by atoms with Gasteiger partial charge in [-0.1, -0.05) is 11.3 Å². The Bertz CT molecular complexity index is 588. The maximum atomic E-state index is 11.4. The molecule has 1 saturated heterocycles. The number of hydrogen-bond acceptors (Lipinski definition) is 6. The molecule has 1 aliphatic rings. The van der Waals surface area contributed by atoms with Crippen LogP contribution in [0.3, 0.4) is 0 Å². The summed E-state index contributed by atoms with van der Waals surface area (Å²) in [6.07, 6.45) is 1.19. The number of carboxylic acids is 1. The first kappa shape index (κ1) is 14.2. The highest BCUT2D eigenvalue weighted by molar-refractivity contribution is 7.88. The molecule has 0 saturated carbocycles. The van der Waals surface area contributed by atoms with Crippen molar-refractivity contribution < 1.29 is 18.3 Å². The van der Waals surface area contributed by atoms with Gasteiger partial charge in [0.2, 0.25) is 10.0 Å². The summed E-state index contributed by atoms with van der Waals surface area (Å²) in [6, 6.07) is 0. The van der Waals surface area contributed by atoms with Crippen LogP contribution in [0.15, 0.2) is 0 Å². The number of nitrogens with zero attached hydrogens (tertiary/aromatic N) is 3. The molecule has 19 heavy (non-hydrogen) atoms. The maximum absolute atomic E-state index is 11.4. The normalized spacial score (nSPS) is 17.7. The van der Waals surface area contributed by atoms with Gasteiger partial charge in [-0.3, -0.25) is 0 Å². The van der Waals surface area contributed by atoms with Gasteiger partial charge in [-0.2, -0.15) is 4.31 Å². The van der Waals surface area contributed by atoms with Crippen LogP contribution in [0.2, 0.25) is 0 Å². The van der Waals surface area contributed by atoms with Crippen LogP contribution in [-0.2, 0) is 10.0 Å². The first-order chi connectivity index (χ1) is 8.79. The second-order valence-corrected chi connectivity index (χ2v) is 7.33. The predicted octanol–water partition coefficient (Wildman–Crippen LogP) is 0.231. The molecule has 1 aromatic rings. The van der Waals surface area contributed by atoms with Gasteiger partial charge in [0.1, 0.15) is 4.88 Å². The van der Waals surface area contributed by atoms with Crippen LogP contribution in [0.4, 0.5) is 5.13 Å². The molecule has 1 N–H and O–H groups in total. The van der Waals surface area contributed by atoms with Gasteiger partial charge in [-0.15, -0.1) is 0 Å². The number of aromatic carboxylic acids is 1. The average Bonchev–Trinajstić information content (AvgIpc) is 2.70. The molecule has 2 heterocycles. The zero-order valence-corrected chi connectivity index (χ0v) is 12.3. The lowest BCUT2D eigenvalue weighted by atomic mass is 10.4. The minimum absolute atomic E-state index is 0.237. The third-order valence-electron chi connectivity index (χ3n) is 2.96. The van der Waals surface area contributed by atoms with Crippen molar-refractivity contribution in [3.63, 3.8) is 0 Å². The van der Waals surface area contributed by atoms with E-state index >= 15 is 0 Å². The summed E-state index contributed by atoms with van der Waals surface area (Å²) in [5.74, 6) is -0.976. The number of aromatic nitrogens is 1. The quantitative estimate of drug-likeness (QED) is 0.860. The number of piperazine rings is 1. The Morgan fingerprint density at radius 1 is 1.32 bits per heavy atom. The van der Waals surface area contributed by atoms with Crippen molar-refractivity contribution in [3.8, 4) is 0 Å². The Labute approximate surface area is 115 Å². The summed E-state index contributed by atoms with van der Waals surface area (Å²) in [4.78, 5) is 17.4. The molecule has 0 radical (unpaired) electrons. The molecule has 0 aliphatic carbocycles. The van der Waals surface area contributed by atoms with Crippen molar-refractivity contribution >= 4 is 32.5 Å². The minimum atomic E-state index is -3.15. The number of aryl methyl sites for hydroxylation is 1. The standard InChI is InChI=1S/C10H15N3O4S2/c1-7-8(9(14)15)18-10(11-7)12-3-5-13(6-4-12)19(2,16)17/h3-6H2,1-2H3,(H,14,15). The highest BCUT2D eigenvalue weighted by Gasteiger charge is 2.26. The summed E-state index contributed by atoms with van der Waals surface area (Å²) in [5.41, 5.74) is 0.498. The lowest BCUT2D eigenvalue weighted by Gasteiger charge is -2.32. The van der Waals surface area contributed by atoms with Crippen molar-refractivity contribution in [2.75, 3.05) is 37.3 Å². The van der Waals surface area contributed by atoms with E-state index in [1.807, 2.05) is 4.90 Å². The van der Waals surface area contributed by atoms with Crippen LogP contribution in [0.1, 0.15) is 15.4 Å². The lowest BCUT2D eigenvalue weighted by molar-refractivity contribution is 0.0701. The van der Waals surface area contributed by atoms with E-state index in [4.69, 9.17) is 5.11 Å². The van der Waals surface area contributed by atoms with Crippen LogP contribution in [0.5, 0.6) is 0 Å². The van der Waals surface area contributed by atoms with Gasteiger partial charge in [0.25, 0.3) is 0 Å². The van der Waals surface area contributed by atoms with Gasteiger partial charge in [0, 0.05) is 26.2 Å². The van der Waals surface area contributed by atoms with Crippen molar-refractivity contribution in [2.45, 2.75) is 6.92 Å². The molecular weight excluding hydrogens is 290 g/mol. The predicted molar refractivity (Wildman–Crippen MR) is 72.4 cm³/mol. The van der Waals surface area contributed by atoms with Gasteiger partial charge in [-0.25, -0.2) is 18.2 Å². The molecule has 0 atom stereocenters. The molecule has 106 valence electrons. The van der Waals surface area contributed by atoms with Gasteiger partial charge in [-0.05, 0) is 6.92 Å². The minimum Gasteiger partial charge on any atom is -0.477 e. The summed E-state index contributed by atoms with van der Waals surface area (Å²) in [5, 5.41) is 9.63. The number of anilines is 1. The molecule has 7 nitrogen and oxygen atoms in total. The fraction of sp³-hybridized carbons (Fsp3) is 0.600. The Morgan fingerprint density at radius 2 is 1.89 bits per heavy atom. The van der Waals surface area contributed by atoms with E-state index in [2.05, 4.69) is 4.98 Å². The number of carboxylic acid groups (broad SMARTS) is 1. The number of carbonyl (C=O) groups is 1. The van der Waals surface area contributed by atoms with Crippen molar-refractivity contribution in [3.05, 3.63) is 10.6 Å². The molecule has 1 aliphatic heterocycles. The van der Waals surface area contributed by atoms with Gasteiger partial charge in [0.05, 0.1) is 11.9 Å². The molecule has 0 unspecified atom stereocenters. The van der Waals surface area contributed by atoms with E-state index in [0.717, 1.165) is 11.3 Å². The molecule has 2 rings (SSSR count). The van der Waals surface area contributed by atoms with Gasteiger partial charge >= 0.3 is 5.97 Å². The largest absolute Gasteiger partial charge is 0.477 e. The fourth-order valence-electron chi connectivity index (χ4n) is 1.93. The van der Waals surface area contributed by atoms with Gasteiger partial charge in [0.15, 0.2) is 5.13 Å². The van der Waals surface area contributed by atoms with E-state index in [-0.39, 0.29) is 4.88 Å². The zero-order chi connectivity index (χ0) is 14.2. The Balaban J connectivity index is 2.10. The second-order valence-electron chi connectivity index (χ2n) is 4.37. The Morgan fingerprint density at radius 3 is 2.32 bits per heavy atom. The molecule has 0 spiro atoms. The molecule has 0 aromatic carbocycles. The monoisotopic (exact) mass is 305 g/mol. The van der Waals surface area contributed by atoms with Crippen LogP contribution in [0, 0.1) is 6.92 Å². The average molecular weight is 305 g/mol. The smallest absolute Gasteiger partial charge is 0.347 e. The number of sulfonamides is 1. The van der Waals surface area contributed by atoms with Crippen LogP contribution in [-0.4, -0.2) is 61.2 Å². The van der Waals surface area contributed by atoms with E-state index in [1.165, 1.54) is 10.6 Å². The third kappa shape index (κ3) is 3.04. The topological polar surface area (TPSA) is 90.8 Å². The third-order valence-corrected chi connectivity index (χ3v) is 5.47. The molecule has 1 aromatic heterocycles. The van der Waals surface area contributed by atoms with Gasteiger partial charge < -0.3 is 10.0 Å². The van der Waals surface area contributed by atoms with E-state index in [0.29, 0.717) is 37.0 Å². The number of rotatable bonds is 3. The molecule has 0 bridgehead atoms. The second kappa shape index (κ2) is 5.06. The summed E-state index contributed by atoms with van der Waals surface area (Å²) in [6.45, 7) is 3.52. The summed E-state index contributed by atoms with van der Waals surface area (Å²) in [7, 11) is -3.15. The number of thiazole rings is 1. The highest BCUT2D eigenvalue weighted by atomic mass is 32.2. The molecular formula is C10H15N3O4S2. The Kier molecular flexibility index (Phi) is 3.79. The molecule has 1 fully saturated rings. The highest BCUT2D eigenvalue weighted by Crippen LogP contribution is 2.27. The zero-order valence-electron chi connectivity index (χ0n) is 10.7.